The van der Waals surface area contributed by atoms with E-state index in [0.717, 1.165) is 47.7 Å². The summed E-state index contributed by atoms with van der Waals surface area (Å²) in [6.45, 7) is 1.94. The van der Waals surface area contributed by atoms with Gasteiger partial charge in [-0.15, -0.1) is 0 Å². The zero-order chi connectivity index (χ0) is 17.2. The number of aliphatic hydroxyl groups is 1. The van der Waals surface area contributed by atoms with Gasteiger partial charge in [0.2, 0.25) is 0 Å². The second-order valence-electron chi connectivity index (χ2n) is 6.88. The summed E-state index contributed by atoms with van der Waals surface area (Å²) in [6, 6.07) is 14.1. The maximum Gasteiger partial charge on any atom is 0.336 e. The van der Waals surface area contributed by atoms with Crippen LogP contribution in [-0.2, 0) is 6.54 Å². The number of likely N-dealkylation sites (tertiary alicyclic amines) is 1. The van der Waals surface area contributed by atoms with Gasteiger partial charge >= 0.3 is 5.63 Å². The van der Waals surface area contributed by atoms with Gasteiger partial charge in [0.15, 0.2) is 0 Å². The molecule has 25 heavy (non-hydrogen) atoms. The fraction of sp³-hybridized carbons (Fsp3) is 0.381. The third-order valence-corrected chi connectivity index (χ3v) is 5.30. The van der Waals surface area contributed by atoms with Crippen molar-refractivity contribution in [1.82, 2.24) is 4.90 Å². The molecule has 130 valence electrons. The van der Waals surface area contributed by atoms with Crippen LogP contribution in [0.5, 0.6) is 0 Å². The molecule has 0 radical (unpaired) electrons. The van der Waals surface area contributed by atoms with Crippen molar-refractivity contribution < 1.29 is 9.52 Å². The maximum absolute atomic E-state index is 12.1. The van der Waals surface area contributed by atoms with Crippen LogP contribution < -0.4 is 5.63 Å². The minimum absolute atomic E-state index is 0.210. The van der Waals surface area contributed by atoms with Gasteiger partial charge in [0.25, 0.3) is 0 Å². The van der Waals surface area contributed by atoms with Crippen molar-refractivity contribution in [1.29, 1.82) is 0 Å². The van der Waals surface area contributed by atoms with Crippen molar-refractivity contribution in [3.63, 3.8) is 0 Å². The Hall–Kier alpha value is -2.17. The van der Waals surface area contributed by atoms with E-state index in [2.05, 4.69) is 17.0 Å². The number of benzene rings is 2. The second-order valence-corrected chi connectivity index (χ2v) is 6.88. The first kappa shape index (κ1) is 16.3. The lowest BCUT2D eigenvalue weighted by molar-refractivity contribution is 0.113. The summed E-state index contributed by atoms with van der Waals surface area (Å²) in [5.74, 6) is 0. The minimum atomic E-state index is -0.298. The van der Waals surface area contributed by atoms with Gasteiger partial charge in [-0.25, -0.2) is 4.79 Å². The lowest BCUT2D eigenvalue weighted by Gasteiger charge is -2.35. The molecule has 0 bridgehead atoms. The normalized spacial score (nSPS) is 18.8. The smallest absolute Gasteiger partial charge is 0.336 e. The molecule has 3 aromatic rings. The Morgan fingerprint density at radius 2 is 2.04 bits per heavy atom. The molecule has 0 amide bonds. The van der Waals surface area contributed by atoms with Gasteiger partial charge < -0.3 is 9.52 Å². The minimum Gasteiger partial charge on any atom is -0.423 e. The molecule has 0 spiro atoms. The van der Waals surface area contributed by atoms with Crippen LogP contribution in [0.3, 0.4) is 0 Å². The largest absolute Gasteiger partial charge is 0.423 e. The first-order valence-corrected chi connectivity index (χ1v) is 9.05. The summed E-state index contributed by atoms with van der Waals surface area (Å²) in [7, 11) is 0. The molecule has 0 aliphatic carbocycles. The van der Waals surface area contributed by atoms with Crippen LogP contribution in [0.4, 0.5) is 0 Å². The van der Waals surface area contributed by atoms with Crippen LogP contribution in [0.25, 0.3) is 21.7 Å². The number of hydrogen-bond donors (Lipinski definition) is 1. The van der Waals surface area contributed by atoms with Gasteiger partial charge in [0, 0.05) is 30.6 Å². The Morgan fingerprint density at radius 3 is 2.92 bits per heavy atom. The zero-order valence-corrected chi connectivity index (χ0v) is 14.3. The summed E-state index contributed by atoms with van der Waals surface area (Å²) in [4.78, 5) is 14.5. The van der Waals surface area contributed by atoms with Crippen molar-refractivity contribution >= 4 is 21.7 Å². The average Bonchev–Trinajstić information content (AvgIpc) is 2.63. The van der Waals surface area contributed by atoms with Gasteiger partial charge in [0.05, 0.1) is 0 Å². The summed E-state index contributed by atoms with van der Waals surface area (Å²) in [6.07, 6.45) is 4.28. The standard InChI is InChI=1S/C21H23NO3/c23-12-10-17-6-3-4-11-22(17)14-16-13-20(24)25-19-9-8-15-5-1-2-7-18(15)21(16)19/h1-2,5,7-9,13,17,23H,3-4,6,10-12,14H2/t17-/m0/s1. The highest BCUT2D eigenvalue weighted by Crippen LogP contribution is 2.30. The van der Waals surface area contributed by atoms with E-state index >= 15 is 0 Å². The number of nitrogens with zero attached hydrogens (tertiary/aromatic N) is 1. The fourth-order valence-corrected chi connectivity index (χ4v) is 4.11. The Morgan fingerprint density at radius 1 is 1.16 bits per heavy atom. The molecule has 4 nitrogen and oxygen atoms in total. The lowest BCUT2D eigenvalue weighted by Crippen LogP contribution is -2.39. The lowest BCUT2D eigenvalue weighted by atomic mass is 9.97. The number of rotatable bonds is 4. The summed E-state index contributed by atoms with van der Waals surface area (Å²) in [5, 5.41) is 12.7. The Kier molecular flexibility index (Phi) is 4.55. The number of piperidine rings is 1. The van der Waals surface area contributed by atoms with E-state index in [1.165, 1.54) is 12.8 Å². The molecule has 1 saturated heterocycles. The molecule has 4 rings (SSSR count). The van der Waals surface area contributed by atoms with Crippen LogP contribution >= 0.6 is 0 Å². The summed E-state index contributed by atoms with van der Waals surface area (Å²) < 4.78 is 5.46. The number of fused-ring (bicyclic) bond motifs is 3. The number of hydrogen-bond acceptors (Lipinski definition) is 4. The van der Waals surface area contributed by atoms with Gasteiger partial charge in [0.1, 0.15) is 5.58 Å². The highest BCUT2D eigenvalue weighted by Gasteiger charge is 2.23. The molecule has 1 aromatic heterocycles. The van der Waals surface area contributed by atoms with Crippen molar-refractivity contribution in [3.8, 4) is 0 Å². The van der Waals surface area contributed by atoms with Gasteiger partial charge in [-0.1, -0.05) is 36.8 Å². The summed E-state index contributed by atoms with van der Waals surface area (Å²) >= 11 is 0. The first-order valence-electron chi connectivity index (χ1n) is 9.05. The molecule has 1 aliphatic rings. The molecule has 1 aliphatic heterocycles. The van der Waals surface area contributed by atoms with E-state index in [1.807, 2.05) is 24.3 Å². The molecular formula is C21H23NO3. The van der Waals surface area contributed by atoms with Crippen LogP contribution in [-0.4, -0.2) is 29.2 Å². The van der Waals surface area contributed by atoms with Crippen molar-refractivity contribution in [2.45, 2.75) is 38.3 Å². The summed E-state index contributed by atoms with van der Waals surface area (Å²) in [5.41, 5.74) is 1.37. The molecule has 2 heterocycles. The van der Waals surface area contributed by atoms with Crippen molar-refractivity contribution in [2.24, 2.45) is 0 Å². The van der Waals surface area contributed by atoms with Gasteiger partial charge in [-0.05, 0) is 48.2 Å². The van der Waals surface area contributed by atoms with E-state index in [4.69, 9.17) is 4.42 Å². The van der Waals surface area contributed by atoms with Crippen LogP contribution in [0.1, 0.15) is 31.2 Å². The van der Waals surface area contributed by atoms with E-state index in [9.17, 15) is 9.90 Å². The predicted molar refractivity (Wildman–Crippen MR) is 99.7 cm³/mol. The molecule has 0 unspecified atom stereocenters. The van der Waals surface area contributed by atoms with E-state index < -0.39 is 0 Å². The maximum atomic E-state index is 12.1. The molecule has 1 fully saturated rings. The molecule has 4 heteroatoms. The Balaban J connectivity index is 1.82. The van der Waals surface area contributed by atoms with E-state index in [1.54, 1.807) is 6.07 Å². The molecule has 1 N–H and O–H groups in total. The Bertz CT molecular complexity index is 945. The average molecular weight is 337 g/mol. The van der Waals surface area contributed by atoms with Crippen molar-refractivity contribution in [2.75, 3.05) is 13.2 Å². The fourth-order valence-electron chi connectivity index (χ4n) is 4.11. The quantitative estimate of drug-likeness (QED) is 0.583. The molecule has 0 saturated carbocycles. The van der Waals surface area contributed by atoms with E-state index in [-0.39, 0.29) is 12.2 Å². The van der Waals surface area contributed by atoms with Crippen LogP contribution in [0.15, 0.2) is 51.7 Å². The predicted octanol–water partition coefficient (Wildman–Crippen LogP) is 3.68. The third-order valence-electron chi connectivity index (χ3n) is 5.30. The first-order chi connectivity index (χ1) is 12.3. The highest BCUT2D eigenvalue weighted by molar-refractivity contribution is 6.07. The zero-order valence-electron chi connectivity index (χ0n) is 14.3. The van der Waals surface area contributed by atoms with Crippen LogP contribution in [0, 0.1) is 0 Å². The van der Waals surface area contributed by atoms with Crippen molar-refractivity contribution in [3.05, 3.63) is 58.4 Å². The van der Waals surface area contributed by atoms with Crippen LogP contribution in [0.2, 0.25) is 0 Å². The monoisotopic (exact) mass is 337 g/mol. The molecule has 1 atom stereocenters. The molecular weight excluding hydrogens is 314 g/mol. The number of aliphatic hydroxyl groups excluding tert-OH is 1. The third kappa shape index (κ3) is 3.20. The highest BCUT2D eigenvalue weighted by atomic mass is 16.4. The van der Waals surface area contributed by atoms with E-state index in [0.29, 0.717) is 11.6 Å². The SMILES string of the molecule is O=c1cc(CN2CCCC[C@H]2CCO)c2c(ccc3ccccc32)o1. The second kappa shape index (κ2) is 6.98. The van der Waals surface area contributed by atoms with Gasteiger partial charge in [-0.3, -0.25) is 4.90 Å². The Labute approximate surface area is 146 Å². The topological polar surface area (TPSA) is 53.7 Å². The van der Waals surface area contributed by atoms with Gasteiger partial charge in [-0.2, -0.15) is 0 Å². The molecule has 2 aromatic carbocycles.